The van der Waals surface area contributed by atoms with E-state index in [1.807, 2.05) is 13.8 Å². The molecule has 1 aliphatic heterocycles. The molecule has 214 valence electrons. The number of Topliss-reactive ketones (excluding diaryl/α,β-unsaturated/α-hetero) is 1. The molecule has 3 fully saturated rings. The summed E-state index contributed by atoms with van der Waals surface area (Å²) in [6.45, 7) is 13.6. The first-order valence-corrected chi connectivity index (χ1v) is 14.0. The van der Waals surface area contributed by atoms with Crippen molar-refractivity contribution < 1.29 is 28.7 Å². The van der Waals surface area contributed by atoms with Gasteiger partial charge in [-0.2, -0.15) is 0 Å². The van der Waals surface area contributed by atoms with Crippen molar-refractivity contribution in [2.75, 3.05) is 6.54 Å². The number of carbonyl (C=O) groups is 5. The van der Waals surface area contributed by atoms with Gasteiger partial charge in [0.15, 0.2) is 0 Å². The number of carbonyl (C=O) groups excluding carboxylic acids is 5. The molecule has 3 unspecified atom stereocenters. The molecule has 1 heterocycles. The number of ketones is 1. The zero-order valence-corrected chi connectivity index (χ0v) is 24.0. The highest BCUT2D eigenvalue weighted by atomic mass is 16.6. The summed E-state index contributed by atoms with van der Waals surface area (Å²) in [5.74, 6) is -1.91. The molecule has 1 spiro atoms. The van der Waals surface area contributed by atoms with Gasteiger partial charge in [-0.1, -0.05) is 47.0 Å². The number of primary amides is 1. The molecule has 3 aliphatic rings. The molecule has 10 nitrogen and oxygen atoms in total. The van der Waals surface area contributed by atoms with Gasteiger partial charge in [-0.25, -0.2) is 4.79 Å². The minimum Gasteiger partial charge on any atom is -0.444 e. The van der Waals surface area contributed by atoms with Crippen LogP contribution in [0.3, 0.4) is 0 Å². The van der Waals surface area contributed by atoms with Crippen LogP contribution in [0.25, 0.3) is 0 Å². The molecular weight excluding hydrogens is 488 g/mol. The summed E-state index contributed by atoms with van der Waals surface area (Å²) in [5, 5.41) is 5.49. The summed E-state index contributed by atoms with van der Waals surface area (Å²) < 4.78 is 5.38. The molecule has 2 aliphatic carbocycles. The van der Waals surface area contributed by atoms with Gasteiger partial charge in [-0.15, -0.1) is 0 Å². The fourth-order valence-corrected chi connectivity index (χ4v) is 6.07. The number of rotatable bonds is 10. The standard InChI is InChI=1S/C28H46N4O6/c1-15(2)18-12-28(18)13-20(24(35)30-19(22(33)23(29)34)11-17-9-8-10-17)32(14-28)25(36)21(16(3)4)31-26(37)38-27(5,6)7/h15-21H,8-14H2,1-7H3,(H2,29,34)(H,30,35)(H,31,37)/t18?,19?,20-,21-,28?/m0/s1. The normalized spacial score (nSPS) is 26.6. The van der Waals surface area contributed by atoms with Crippen molar-refractivity contribution in [2.24, 2.45) is 34.8 Å². The molecule has 10 heteroatoms. The summed E-state index contributed by atoms with van der Waals surface area (Å²) in [6.07, 6.45) is 4.00. The Balaban J connectivity index is 1.83. The number of nitrogens with zero attached hydrogens (tertiary/aromatic N) is 1. The third-order valence-electron chi connectivity index (χ3n) is 8.38. The number of alkyl carbamates (subject to hydrolysis) is 1. The molecule has 4 amide bonds. The quantitative estimate of drug-likeness (QED) is 0.367. The zero-order valence-electron chi connectivity index (χ0n) is 24.0. The molecule has 5 atom stereocenters. The van der Waals surface area contributed by atoms with Crippen LogP contribution in [0.5, 0.6) is 0 Å². The minimum absolute atomic E-state index is 0.170. The van der Waals surface area contributed by atoms with Crippen molar-refractivity contribution >= 4 is 29.6 Å². The summed E-state index contributed by atoms with van der Waals surface area (Å²) >= 11 is 0. The molecule has 0 aromatic carbocycles. The summed E-state index contributed by atoms with van der Waals surface area (Å²) in [4.78, 5) is 65.9. The Morgan fingerprint density at radius 3 is 2.11 bits per heavy atom. The number of nitrogens with two attached hydrogens (primary N) is 1. The number of likely N-dealkylation sites (tertiary alicyclic amines) is 1. The van der Waals surface area contributed by atoms with Crippen LogP contribution in [0.15, 0.2) is 0 Å². The van der Waals surface area contributed by atoms with Crippen LogP contribution < -0.4 is 16.4 Å². The summed E-state index contributed by atoms with van der Waals surface area (Å²) in [7, 11) is 0. The SMILES string of the molecule is CC(C)C1CC12C[C@@H](C(=O)NC(CC1CCC1)C(=O)C(N)=O)N(C(=O)[C@@H](NC(=O)OC(C)(C)C)C(C)C)C2. The fourth-order valence-electron chi connectivity index (χ4n) is 6.07. The molecule has 0 radical (unpaired) electrons. The maximum atomic E-state index is 13.9. The largest absolute Gasteiger partial charge is 0.444 e. The monoisotopic (exact) mass is 534 g/mol. The molecule has 4 N–H and O–H groups in total. The van der Waals surface area contributed by atoms with E-state index in [0.717, 1.165) is 25.7 Å². The Kier molecular flexibility index (Phi) is 8.83. The average Bonchev–Trinajstić information content (AvgIpc) is 3.33. The lowest BCUT2D eigenvalue weighted by atomic mass is 9.80. The van der Waals surface area contributed by atoms with Crippen LogP contribution in [-0.4, -0.2) is 64.8 Å². The first-order chi connectivity index (χ1) is 17.5. The van der Waals surface area contributed by atoms with Crippen LogP contribution in [-0.2, 0) is 23.9 Å². The smallest absolute Gasteiger partial charge is 0.408 e. The molecule has 1 saturated heterocycles. The lowest BCUT2D eigenvalue weighted by Crippen LogP contribution is -2.57. The topological polar surface area (TPSA) is 148 Å². The Hall–Kier alpha value is -2.65. The first-order valence-electron chi connectivity index (χ1n) is 14.0. The lowest BCUT2D eigenvalue weighted by molar-refractivity contribution is -0.143. The predicted molar refractivity (Wildman–Crippen MR) is 142 cm³/mol. The Labute approximate surface area is 226 Å². The Bertz CT molecular complexity index is 953. The van der Waals surface area contributed by atoms with E-state index in [4.69, 9.17) is 10.5 Å². The predicted octanol–water partition coefficient (Wildman–Crippen LogP) is 2.53. The molecular formula is C28H46N4O6. The molecule has 0 aromatic heterocycles. The fraction of sp³-hybridized carbons (Fsp3) is 0.821. The molecule has 3 rings (SSSR count). The number of hydrogen-bond donors (Lipinski definition) is 3. The Morgan fingerprint density at radius 1 is 1.03 bits per heavy atom. The van der Waals surface area contributed by atoms with Gasteiger partial charge in [0.25, 0.3) is 5.91 Å². The molecule has 2 saturated carbocycles. The van der Waals surface area contributed by atoms with E-state index in [-0.39, 0.29) is 23.2 Å². The summed E-state index contributed by atoms with van der Waals surface area (Å²) in [5.41, 5.74) is 4.39. The number of amides is 4. The van der Waals surface area contributed by atoms with Crippen LogP contribution >= 0.6 is 0 Å². The highest BCUT2D eigenvalue weighted by molar-refractivity contribution is 6.37. The van der Waals surface area contributed by atoms with Crippen molar-refractivity contribution in [3.8, 4) is 0 Å². The van der Waals surface area contributed by atoms with Crippen LogP contribution in [0.4, 0.5) is 4.79 Å². The van der Waals surface area contributed by atoms with Gasteiger partial charge in [0.2, 0.25) is 17.6 Å². The number of ether oxygens (including phenoxy) is 1. The van der Waals surface area contributed by atoms with E-state index in [1.54, 1.807) is 25.7 Å². The van der Waals surface area contributed by atoms with Crippen LogP contribution in [0, 0.1) is 29.1 Å². The Morgan fingerprint density at radius 2 is 1.66 bits per heavy atom. The highest BCUT2D eigenvalue weighted by Gasteiger charge is 2.63. The maximum absolute atomic E-state index is 13.9. The number of hydrogen-bond acceptors (Lipinski definition) is 6. The van der Waals surface area contributed by atoms with Gasteiger partial charge in [-0.05, 0) is 69.1 Å². The van der Waals surface area contributed by atoms with Gasteiger partial charge < -0.3 is 26.0 Å². The van der Waals surface area contributed by atoms with E-state index in [1.165, 1.54) is 0 Å². The van der Waals surface area contributed by atoms with Gasteiger partial charge in [-0.3, -0.25) is 19.2 Å². The van der Waals surface area contributed by atoms with Gasteiger partial charge in [0, 0.05) is 6.54 Å². The molecule has 38 heavy (non-hydrogen) atoms. The maximum Gasteiger partial charge on any atom is 0.408 e. The van der Waals surface area contributed by atoms with Gasteiger partial charge in [0.05, 0.1) is 6.04 Å². The van der Waals surface area contributed by atoms with Crippen molar-refractivity contribution in [3.05, 3.63) is 0 Å². The zero-order chi connectivity index (χ0) is 28.6. The van der Waals surface area contributed by atoms with E-state index >= 15 is 0 Å². The summed E-state index contributed by atoms with van der Waals surface area (Å²) in [6, 6.07) is -2.69. The highest BCUT2D eigenvalue weighted by Crippen LogP contribution is 2.63. The van der Waals surface area contributed by atoms with Crippen LogP contribution in [0.1, 0.15) is 87.0 Å². The second-order valence-electron chi connectivity index (χ2n) is 13.3. The van der Waals surface area contributed by atoms with Crippen LogP contribution in [0.2, 0.25) is 0 Å². The first kappa shape index (κ1) is 29.9. The minimum atomic E-state index is -1.08. The lowest BCUT2D eigenvalue weighted by Gasteiger charge is -2.33. The average molecular weight is 535 g/mol. The van der Waals surface area contributed by atoms with E-state index in [9.17, 15) is 24.0 Å². The second kappa shape index (κ2) is 11.2. The van der Waals surface area contributed by atoms with E-state index in [2.05, 4.69) is 24.5 Å². The van der Waals surface area contributed by atoms with Crippen molar-refractivity contribution in [1.82, 2.24) is 15.5 Å². The third-order valence-corrected chi connectivity index (χ3v) is 8.38. The van der Waals surface area contributed by atoms with E-state index < -0.39 is 47.4 Å². The van der Waals surface area contributed by atoms with E-state index in [0.29, 0.717) is 31.2 Å². The van der Waals surface area contributed by atoms with Crippen molar-refractivity contribution in [2.45, 2.75) is 111 Å². The third kappa shape index (κ3) is 6.86. The number of nitrogens with one attached hydrogen (secondary N) is 2. The molecule has 0 bridgehead atoms. The molecule has 0 aromatic rings. The van der Waals surface area contributed by atoms with Crippen molar-refractivity contribution in [1.29, 1.82) is 0 Å². The van der Waals surface area contributed by atoms with Gasteiger partial charge in [0.1, 0.15) is 17.7 Å². The van der Waals surface area contributed by atoms with Crippen molar-refractivity contribution in [3.63, 3.8) is 0 Å². The second-order valence-corrected chi connectivity index (χ2v) is 13.3. The van der Waals surface area contributed by atoms with Gasteiger partial charge >= 0.3 is 6.09 Å².